The molecule has 0 radical (unpaired) electrons. The summed E-state index contributed by atoms with van der Waals surface area (Å²) < 4.78 is 6.01. The molecule has 0 aliphatic carbocycles. The van der Waals surface area contributed by atoms with Crippen LogP contribution in [-0.4, -0.2) is 82.0 Å². The third-order valence-electron chi connectivity index (χ3n) is 9.01. The maximum absolute atomic E-state index is 13.5. The van der Waals surface area contributed by atoms with Crippen LogP contribution in [0.5, 0.6) is 0 Å². The summed E-state index contributed by atoms with van der Waals surface area (Å²) >= 11 is 1.28. The zero-order valence-corrected chi connectivity index (χ0v) is 29.9. The van der Waals surface area contributed by atoms with Gasteiger partial charge in [0.25, 0.3) is 11.8 Å². The van der Waals surface area contributed by atoms with Crippen molar-refractivity contribution in [1.82, 2.24) is 35.7 Å². The van der Waals surface area contributed by atoms with Crippen LogP contribution in [0, 0.1) is 12.8 Å². The molecule has 13 nitrogen and oxygen atoms in total. The van der Waals surface area contributed by atoms with Crippen molar-refractivity contribution in [1.29, 1.82) is 0 Å². The van der Waals surface area contributed by atoms with Gasteiger partial charge in [0.15, 0.2) is 5.69 Å². The van der Waals surface area contributed by atoms with E-state index in [4.69, 9.17) is 4.42 Å². The molecular formula is C36H47N7O6S. The normalized spacial score (nSPS) is 19.9. The number of hydrogen-bond acceptors (Lipinski definition) is 9. The lowest BCUT2D eigenvalue weighted by atomic mass is 10.0. The van der Waals surface area contributed by atoms with Crippen LogP contribution >= 0.6 is 11.3 Å². The van der Waals surface area contributed by atoms with Gasteiger partial charge in [0, 0.05) is 63.8 Å². The van der Waals surface area contributed by atoms with E-state index in [-0.39, 0.29) is 72.8 Å². The van der Waals surface area contributed by atoms with E-state index in [1.807, 2.05) is 49.1 Å². The molecule has 14 heteroatoms. The number of aromatic nitrogens is 2. The number of hydrogen-bond donors (Lipinski definition) is 3. The Morgan fingerprint density at radius 1 is 0.980 bits per heavy atom. The fourth-order valence-corrected chi connectivity index (χ4v) is 7.24. The van der Waals surface area contributed by atoms with E-state index >= 15 is 0 Å². The lowest BCUT2D eigenvalue weighted by Crippen LogP contribution is -2.40. The van der Waals surface area contributed by atoms with Crippen molar-refractivity contribution in [3.05, 3.63) is 69.3 Å². The molecule has 1 saturated heterocycles. The highest BCUT2D eigenvalue weighted by Gasteiger charge is 2.29. The number of benzene rings is 1. The molecule has 3 aromatic rings. The number of carbonyl (C=O) groups excluding carboxylic acids is 5. The zero-order chi connectivity index (χ0) is 35.6. The molecule has 3 N–H and O–H groups in total. The molecule has 0 saturated carbocycles. The number of aryl methyl sites for hydroxylation is 1. The van der Waals surface area contributed by atoms with Crippen LogP contribution in [0.4, 0.5) is 0 Å². The highest BCUT2D eigenvalue weighted by atomic mass is 32.1. The van der Waals surface area contributed by atoms with Gasteiger partial charge in [-0.15, -0.1) is 11.3 Å². The second-order valence-electron chi connectivity index (χ2n) is 13.2. The number of amides is 5. The predicted octanol–water partition coefficient (Wildman–Crippen LogP) is 4.11. The smallest absolute Gasteiger partial charge is 0.274 e. The molecule has 1 aromatic carbocycles. The molecule has 5 amide bonds. The monoisotopic (exact) mass is 705 g/mol. The molecule has 2 aliphatic heterocycles. The summed E-state index contributed by atoms with van der Waals surface area (Å²) in [6, 6.07) is 8.51. The minimum absolute atomic E-state index is 0.0525. The fraction of sp³-hybridized carbons (Fsp3) is 0.528. The number of fused-ring (bicyclic) bond motifs is 4. The molecule has 2 aliphatic rings. The summed E-state index contributed by atoms with van der Waals surface area (Å²) in [5.74, 6) is -0.546. The van der Waals surface area contributed by atoms with Gasteiger partial charge in [-0.05, 0) is 44.1 Å². The van der Waals surface area contributed by atoms with E-state index in [0.717, 1.165) is 24.9 Å². The van der Waals surface area contributed by atoms with Crippen LogP contribution in [0.3, 0.4) is 0 Å². The number of nitrogens with zero attached hydrogens (tertiary/aromatic N) is 4. The number of piperidine rings is 1. The Morgan fingerprint density at radius 2 is 1.78 bits per heavy atom. The second kappa shape index (κ2) is 17.4. The van der Waals surface area contributed by atoms with E-state index < -0.39 is 18.0 Å². The van der Waals surface area contributed by atoms with Gasteiger partial charge in [-0.3, -0.25) is 24.0 Å². The first-order chi connectivity index (χ1) is 24.1. The van der Waals surface area contributed by atoms with Crippen molar-refractivity contribution in [2.75, 3.05) is 32.7 Å². The van der Waals surface area contributed by atoms with E-state index in [2.05, 4.69) is 25.9 Å². The molecule has 4 bridgehead atoms. The third-order valence-corrected chi connectivity index (χ3v) is 9.94. The van der Waals surface area contributed by atoms with Crippen LogP contribution < -0.4 is 16.0 Å². The average Bonchev–Trinajstić information content (AvgIpc) is 3.74. The molecular weight excluding hydrogens is 659 g/mol. The highest BCUT2D eigenvalue weighted by molar-refractivity contribution is 7.09. The van der Waals surface area contributed by atoms with Crippen LogP contribution in [0.2, 0.25) is 0 Å². The molecule has 2 atom stereocenters. The number of oxazole rings is 1. The standard InChI is InChI=1S/C36H47N7O6S/c1-23(2)31-36-39-27(22-50-36)33(47)37-16-20-43(30(46)15-10-19-42-17-8-7-14-29(42)45)18-9-13-28(44)38-26(21-25-11-5-4-6-12-25)35-41-32(24(3)49-35)34(48)40-31/h4-6,11-12,22-23,26,31H,7-10,13-21H2,1-3H3,(H,37,47)(H,38,44)(H,40,48)/t26-,31-/m0/s1. The summed E-state index contributed by atoms with van der Waals surface area (Å²) in [5.41, 5.74) is 1.29. The maximum Gasteiger partial charge on any atom is 0.274 e. The van der Waals surface area contributed by atoms with Gasteiger partial charge < -0.3 is 30.2 Å². The third kappa shape index (κ3) is 9.77. The number of carbonyl (C=O) groups is 5. The predicted molar refractivity (Wildman–Crippen MR) is 187 cm³/mol. The fourth-order valence-electron chi connectivity index (χ4n) is 6.21. The Hall–Kier alpha value is -4.59. The maximum atomic E-state index is 13.5. The average molecular weight is 706 g/mol. The topological polar surface area (TPSA) is 167 Å². The van der Waals surface area contributed by atoms with E-state index in [0.29, 0.717) is 49.5 Å². The van der Waals surface area contributed by atoms with Crippen LogP contribution in [0.1, 0.15) is 114 Å². The van der Waals surface area contributed by atoms with Crippen LogP contribution in [-0.2, 0) is 20.8 Å². The van der Waals surface area contributed by atoms with E-state index in [1.165, 1.54) is 11.3 Å². The molecule has 5 rings (SSSR count). The molecule has 1 fully saturated rings. The summed E-state index contributed by atoms with van der Waals surface area (Å²) in [5, 5.41) is 11.2. The number of thiazole rings is 1. The van der Waals surface area contributed by atoms with Crippen molar-refractivity contribution >= 4 is 40.9 Å². The highest BCUT2D eigenvalue weighted by Crippen LogP contribution is 2.27. The molecule has 0 spiro atoms. The quantitative estimate of drug-likeness (QED) is 0.330. The Balaban J connectivity index is 1.36. The lowest BCUT2D eigenvalue weighted by Gasteiger charge is -2.27. The van der Waals surface area contributed by atoms with Gasteiger partial charge in [-0.2, -0.15) is 0 Å². The first kappa shape index (κ1) is 36.7. The van der Waals surface area contributed by atoms with E-state index in [1.54, 1.807) is 17.2 Å². The molecule has 50 heavy (non-hydrogen) atoms. The van der Waals surface area contributed by atoms with Crippen molar-refractivity contribution in [3.63, 3.8) is 0 Å². The Labute approximate surface area is 296 Å². The summed E-state index contributed by atoms with van der Waals surface area (Å²) in [4.78, 5) is 78.2. The first-order valence-corrected chi connectivity index (χ1v) is 18.4. The summed E-state index contributed by atoms with van der Waals surface area (Å²) in [6.07, 6.45) is 4.15. The molecule has 2 aromatic heterocycles. The number of rotatable bonds is 7. The molecule has 0 unspecified atom stereocenters. The number of likely N-dealkylation sites (tertiary alicyclic amines) is 1. The Bertz CT molecular complexity index is 1650. The Kier molecular flexibility index (Phi) is 12.7. The molecule has 4 heterocycles. The zero-order valence-electron chi connectivity index (χ0n) is 29.0. The number of nitrogens with one attached hydrogen (secondary N) is 3. The van der Waals surface area contributed by atoms with Gasteiger partial charge >= 0.3 is 0 Å². The minimum atomic E-state index is -0.636. The van der Waals surface area contributed by atoms with Crippen molar-refractivity contribution in [2.24, 2.45) is 5.92 Å². The SMILES string of the molecule is Cc1oc2nc1C(=O)N[C@@H](C(C)C)c1nc(cs1)C(=O)NCCN(C(=O)CCCN1CCCCC1=O)CCCC(=O)N[C@H]2Cc1ccccc1. The van der Waals surface area contributed by atoms with Crippen LogP contribution in [0.25, 0.3) is 0 Å². The van der Waals surface area contributed by atoms with Crippen LogP contribution in [0.15, 0.2) is 40.1 Å². The van der Waals surface area contributed by atoms with Crippen molar-refractivity contribution in [2.45, 2.75) is 84.2 Å². The van der Waals surface area contributed by atoms with Gasteiger partial charge in [0.1, 0.15) is 22.5 Å². The van der Waals surface area contributed by atoms with E-state index in [9.17, 15) is 24.0 Å². The van der Waals surface area contributed by atoms with Gasteiger partial charge in [0.05, 0.1) is 6.04 Å². The second-order valence-corrected chi connectivity index (χ2v) is 14.1. The summed E-state index contributed by atoms with van der Waals surface area (Å²) in [6.45, 7) is 7.59. The largest absolute Gasteiger partial charge is 0.443 e. The van der Waals surface area contributed by atoms with Crippen molar-refractivity contribution in [3.8, 4) is 0 Å². The van der Waals surface area contributed by atoms with Gasteiger partial charge in [-0.1, -0.05) is 44.2 Å². The van der Waals surface area contributed by atoms with Gasteiger partial charge in [-0.25, -0.2) is 9.97 Å². The Morgan fingerprint density at radius 3 is 2.54 bits per heavy atom. The molecule has 268 valence electrons. The minimum Gasteiger partial charge on any atom is -0.443 e. The first-order valence-electron chi connectivity index (χ1n) is 17.5. The van der Waals surface area contributed by atoms with Gasteiger partial charge in [0.2, 0.25) is 23.6 Å². The lowest BCUT2D eigenvalue weighted by molar-refractivity contribution is -0.135. The summed E-state index contributed by atoms with van der Waals surface area (Å²) in [7, 11) is 0. The van der Waals surface area contributed by atoms with Crippen molar-refractivity contribution < 1.29 is 28.4 Å².